The molecule has 0 aliphatic heterocycles. The molecule has 0 heterocycles. The number of rotatable bonds is 5. The molecule has 4 N–H and O–H groups in total. The Morgan fingerprint density at radius 3 is 2.50 bits per heavy atom. The lowest BCUT2D eigenvalue weighted by Crippen LogP contribution is -2.14. The SMILES string of the molecule is Nc1cccc(CC(=O)Nc2ccc(CCO)cc2)c1. The maximum Gasteiger partial charge on any atom is 0.228 e. The second-order valence-electron chi connectivity index (χ2n) is 4.64. The van der Waals surface area contributed by atoms with Crippen molar-refractivity contribution in [2.24, 2.45) is 0 Å². The lowest BCUT2D eigenvalue weighted by molar-refractivity contribution is -0.115. The molecule has 2 aromatic rings. The summed E-state index contributed by atoms with van der Waals surface area (Å²) >= 11 is 0. The van der Waals surface area contributed by atoms with E-state index in [9.17, 15) is 4.79 Å². The summed E-state index contributed by atoms with van der Waals surface area (Å²) in [5, 5.41) is 11.7. The van der Waals surface area contributed by atoms with Crippen LogP contribution in [0, 0.1) is 0 Å². The van der Waals surface area contributed by atoms with E-state index in [-0.39, 0.29) is 12.5 Å². The van der Waals surface area contributed by atoms with Crippen molar-refractivity contribution in [1.29, 1.82) is 0 Å². The monoisotopic (exact) mass is 270 g/mol. The minimum Gasteiger partial charge on any atom is -0.399 e. The normalized spacial score (nSPS) is 10.2. The standard InChI is InChI=1S/C16H18N2O2/c17-14-3-1-2-13(10-14)11-16(20)18-15-6-4-12(5-7-15)8-9-19/h1-7,10,19H,8-9,11,17H2,(H,18,20). The summed E-state index contributed by atoms with van der Waals surface area (Å²) in [5.41, 5.74) is 9.02. The lowest BCUT2D eigenvalue weighted by Gasteiger charge is -2.07. The third-order valence-electron chi connectivity index (χ3n) is 2.95. The van der Waals surface area contributed by atoms with Gasteiger partial charge in [-0.25, -0.2) is 0 Å². The van der Waals surface area contributed by atoms with E-state index < -0.39 is 0 Å². The molecule has 0 unspecified atom stereocenters. The highest BCUT2D eigenvalue weighted by Gasteiger charge is 2.04. The van der Waals surface area contributed by atoms with Crippen molar-refractivity contribution in [3.63, 3.8) is 0 Å². The van der Waals surface area contributed by atoms with Crippen LogP contribution >= 0.6 is 0 Å². The number of nitrogens with one attached hydrogen (secondary N) is 1. The fourth-order valence-electron chi connectivity index (χ4n) is 1.98. The third-order valence-corrected chi connectivity index (χ3v) is 2.95. The first-order valence-corrected chi connectivity index (χ1v) is 6.51. The molecule has 0 spiro atoms. The predicted molar refractivity (Wildman–Crippen MR) is 80.4 cm³/mol. The number of hydrogen-bond donors (Lipinski definition) is 3. The third kappa shape index (κ3) is 4.10. The van der Waals surface area contributed by atoms with Gasteiger partial charge in [-0.15, -0.1) is 0 Å². The number of benzene rings is 2. The number of hydrogen-bond acceptors (Lipinski definition) is 3. The van der Waals surface area contributed by atoms with Gasteiger partial charge >= 0.3 is 0 Å². The minimum absolute atomic E-state index is 0.0782. The van der Waals surface area contributed by atoms with Gasteiger partial charge in [0.1, 0.15) is 0 Å². The summed E-state index contributed by atoms with van der Waals surface area (Å²) in [4.78, 5) is 11.9. The molecule has 0 bridgehead atoms. The highest BCUT2D eigenvalue weighted by molar-refractivity contribution is 5.92. The van der Waals surface area contributed by atoms with Crippen LogP contribution in [0.15, 0.2) is 48.5 Å². The zero-order chi connectivity index (χ0) is 14.4. The first-order valence-electron chi connectivity index (χ1n) is 6.51. The van der Waals surface area contributed by atoms with E-state index in [0.717, 1.165) is 16.8 Å². The second kappa shape index (κ2) is 6.73. The molecule has 0 fully saturated rings. The van der Waals surface area contributed by atoms with Gasteiger partial charge in [0, 0.05) is 18.0 Å². The number of aliphatic hydroxyl groups excluding tert-OH is 1. The van der Waals surface area contributed by atoms with Crippen LogP contribution in [0.1, 0.15) is 11.1 Å². The largest absolute Gasteiger partial charge is 0.399 e. The average molecular weight is 270 g/mol. The number of anilines is 2. The molecular formula is C16H18N2O2. The Labute approximate surface area is 118 Å². The van der Waals surface area contributed by atoms with Gasteiger partial charge in [-0.2, -0.15) is 0 Å². The molecular weight excluding hydrogens is 252 g/mol. The molecule has 4 nitrogen and oxygen atoms in total. The average Bonchev–Trinajstić information content (AvgIpc) is 2.41. The molecule has 104 valence electrons. The Bertz CT molecular complexity index is 579. The Morgan fingerprint density at radius 2 is 1.85 bits per heavy atom. The molecule has 20 heavy (non-hydrogen) atoms. The van der Waals surface area contributed by atoms with Crippen LogP contribution < -0.4 is 11.1 Å². The van der Waals surface area contributed by atoms with Crippen molar-refractivity contribution in [3.8, 4) is 0 Å². The van der Waals surface area contributed by atoms with Crippen LogP contribution in [0.25, 0.3) is 0 Å². The summed E-state index contributed by atoms with van der Waals surface area (Å²) in [6.07, 6.45) is 0.918. The summed E-state index contributed by atoms with van der Waals surface area (Å²) < 4.78 is 0. The number of carbonyl (C=O) groups excluding carboxylic acids is 1. The van der Waals surface area contributed by atoms with Gasteiger partial charge in [-0.3, -0.25) is 4.79 Å². The predicted octanol–water partition coefficient (Wildman–Crippen LogP) is 1.98. The fourth-order valence-corrected chi connectivity index (χ4v) is 1.98. The van der Waals surface area contributed by atoms with E-state index in [4.69, 9.17) is 10.8 Å². The maximum absolute atomic E-state index is 11.9. The van der Waals surface area contributed by atoms with Crippen molar-refractivity contribution in [1.82, 2.24) is 0 Å². The Morgan fingerprint density at radius 1 is 1.10 bits per heavy atom. The van der Waals surface area contributed by atoms with E-state index in [1.165, 1.54) is 0 Å². The molecule has 4 heteroatoms. The number of nitrogen functional groups attached to an aromatic ring is 1. The van der Waals surface area contributed by atoms with Crippen LogP contribution in [0.3, 0.4) is 0 Å². The summed E-state index contributed by atoms with van der Waals surface area (Å²) in [6.45, 7) is 0.126. The van der Waals surface area contributed by atoms with E-state index in [1.807, 2.05) is 36.4 Å². The first kappa shape index (κ1) is 14.1. The van der Waals surface area contributed by atoms with E-state index in [0.29, 0.717) is 18.5 Å². The van der Waals surface area contributed by atoms with Crippen LogP contribution in [-0.2, 0) is 17.6 Å². The Kier molecular flexibility index (Phi) is 4.74. The summed E-state index contributed by atoms with van der Waals surface area (Å²) in [7, 11) is 0. The van der Waals surface area contributed by atoms with Crippen molar-refractivity contribution < 1.29 is 9.90 Å². The van der Waals surface area contributed by atoms with Gasteiger partial charge < -0.3 is 16.2 Å². The smallest absolute Gasteiger partial charge is 0.228 e. The van der Waals surface area contributed by atoms with Gasteiger partial charge in [0.2, 0.25) is 5.91 Å². The Balaban J connectivity index is 1.94. The second-order valence-corrected chi connectivity index (χ2v) is 4.64. The summed E-state index contributed by atoms with van der Waals surface area (Å²) in [6, 6.07) is 14.8. The van der Waals surface area contributed by atoms with Crippen LogP contribution in [0.2, 0.25) is 0 Å². The highest BCUT2D eigenvalue weighted by Crippen LogP contribution is 2.12. The topological polar surface area (TPSA) is 75.4 Å². The molecule has 1 amide bonds. The number of amides is 1. The van der Waals surface area contributed by atoms with E-state index in [1.54, 1.807) is 12.1 Å². The van der Waals surface area contributed by atoms with Crippen molar-refractivity contribution in [2.75, 3.05) is 17.7 Å². The van der Waals surface area contributed by atoms with Crippen LogP contribution in [0.5, 0.6) is 0 Å². The minimum atomic E-state index is -0.0782. The van der Waals surface area contributed by atoms with Gasteiger partial charge in [0.15, 0.2) is 0 Å². The van der Waals surface area contributed by atoms with Crippen LogP contribution in [0.4, 0.5) is 11.4 Å². The molecule has 0 saturated carbocycles. The molecule has 0 aliphatic rings. The van der Waals surface area contributed by atoms with Gasteiger partial charge in [0.05, 0.1) is 6.42 Å². The van der Waals surface area contributed by atoms with Gasteiger partial charge in [-0.1, -0.05) is 24.3 Å². The molecule has 2 aromatic carbocycles. The molecule has 0 aliphatic carbocycles. The zero-order valence-electron chi connectivity index (χ0n) is 11.2. The quantitative estimate of drug-likeness (QED) is 0.727. The van der Waals surface area contributed by atoms with Gasteiger partial charge in [-0.05, 0) is 41.8 Å². The molecule has 0 aromatic heterocycles. The zero-order valence-corrected chi connectivity index (χ0v) is 11.2. The highest BCUT2D eigenvalue weighted by atomic mass is 16.2. The summed E-state index contributed by atoms with van der Waals surface area (Å²) in [5.74, 6) is -0.0782. The number of aliphatic hydroxyl groups is 1. The molecule has 0 atom stereocenters. The number of carbonyl (C=O) groups is 1. The number of nitrogens with two attached hydrogens (primary N) is 1. The lowest BCUT2D eigenvalue weighted by atomic mass is 10.1. The molecule has 0 radical (unpaired) electrons. The van der Waals surface area contributed by atoms with Crippen LogP contribution in [-0.4, -0.2) is 17.6 Å². The van der Waals surface area contributed by atoms with Crippen molar-refractivity contribution in [2.45, 2.75) is 12.8 Å². The Hall–Kier alpha value is -2.33. The first-order chi connectivity index (χ1) is 9.67. The van der Waals surface area contributed by atoms with Gasteiger partial charge in [0.25, 0.3) is 0 Å². The van der Waals surface area contributed by atoms with Crippen molar-refractivity contribution in [3.05, 3.63) is 59.7 Å². The maximum atomic E-state index is 11.9. The van der Waals surface area contributed by atoms with Crippen molar-refractivity contribution >= 4 is 17.3 Å². The molecule has 0 saturated heterocycles. The van der Waals surface area contributed by atoms with E-state index >= 15 is 0 Å². The molecule has 2 rings (SSSR count). The van der Waals surface area contributed by atoms with E-state index in [2.05, 4.69) is 5.32 Å². The fraction of sp³-hybridized carbons (Fsp3) is 0.188.